The minimum Gasteiger partial charge on any atom is -0.370 e. The zero-order valence-electron chi connectivity index (χ0n) is 12.3. The van der Waals surface area contributed by atoms with E-state index in [1.165, 1.54) is 24.6 Å². The smallest absolute Gasteiger partial charge is 0.215 e. The van der Waals surface area contributed by atoms with Crippen molar-refractivity contribution in [2.45, 2.75) is 55.8 Å². The van der Waals surface area contributed by atoms with Crippen molar-refractivity contribution < 1.29 is 0 Å². The summed E-state index contributed by atoms with van der Waals surface area (Å²) in [5.74, 6) is 1.59. The summed E-state index contributed by atoms with van der Waals surface area (Å²) in [6, 6.07) is 2.37. The van der Waals surface area contributed by atoms with Crippen molar-refractivity contribution in [3.8, 4) is 0 Å². The van der Waals surface area contributed by atoms with Crippen LogP contribution in [-0.2, 0) is 0 Å². The van der Waals surface area contributed by atoms with Gasteiger partial charge in [0.1, 0.15) is 16.7 Å². The maximum Gasteiger partial charge on any atom is 0.215 e. The van der Waals surface area contributed by atoms with Crippen molar-refractivity contribution >= 4 is 17.6 Å². The fraction of sp³-hybridized carbons (Fsp3) is 0.615. The first kappa shape index (κ1) is 14.2. The van der Waals surface area contributed by atoms with E-state index in [0.29, 0.717) is 6.04 Å². The van der Waals surface area contributed by atoms with Gasteiger partial charge in [0.25, 0.3) is 0 Å². The molecule has 0 radical (unpaired) electrons. The number of hydrogen-bond donors (Lipinski definition) is 1. The largest absolute Gasteiger partial charge is 0.370 e. The van der Waals surface area contributed by atoms with Gasteiger partial charge in [-0.25, -0.2) is 14.6 Å². The van der Waals surface area contributed by atoms with Gasteiger partial charge in [-0.05, 0) is 48.9 Å². The Morgan fingerprint density at radius 1 is 1.33 bits per heavy atom. The van der Waals surface area contributed by atoms with Crippen LogP contribution in [0.5, 0.6) is 0 Å². The third-order valence-electron chi connectivity index (χ3n) is 3.50. The van der Waals surface area contributed by atoms with E-state index in [-0.39, 0.29) is 0 Å². The molecule has 0 bridgehead atoms. The predicted molar refractivity (Wildman–Crippen MR) is 80.4 cm³/mol. The minimum absolute atomic E-state index is 0.429. The fourth-order valence-electron chi connectivity index (χ4n) is 2.59. The number of anilines is 1. The molecule has 0 aliphatic heterocycles. The highest BCUT2D eigenvalue weighted by molar-refractivity contribution is 7.99. The molecule has 112 valence electrons. The lowest BCUT2D eigenvalue weighted by Gasteiger charge is -2.11. The number of aryl methyl sites for hydroxylation is 1. The quantitative estimate of drug-likeness (QED) is 0.850. The maximum absolute atomic E-state index is 4.46. The van der Waals surface area contributed by atoms with Gasteiger partial charge >= 0.3 is 0 Å². The molecule has 2 heterocycles. The molecular formula is C13H19N7S. The number of aromatic nitrogens is 6. The number of nitrogens with one attached hydrogen (secondary N) is 1. The van der Waals surface area contributed by atoms with Crippen LogP contribution < -0.4 is 5.32 Å². The van der Waals surface area contributed by atoms with Gasteiger partial charge < -0.3 is 5.32 Å². The van der Waals surface area contributed by atoms with E-state index in [1.807, 2.05) is 24.6 Å². The molecule has 1 saturated carbocycles. The van der Waals surface area contributed by atoms with Crippen molar-refractivity contribution in [3.05, 3.63) is 11.9 Å². The van der Waals surface area contributed by atoms with Gasteiger partial charge in [-0.3, -0.25) is 0 Å². The van der Waals surface area contributed by atoms with Gasteiger partial charge in [-0.1, -0.05) is 12.8 Å². The zero-order valence-corrected chi connectivity index (χ0v) is 13.1. The summed E-state index contributed by atoms with van der Waals surface area (Å²) < 4.78 is 1.95. The zero-order chi connectivity index (χ0) is 14.7. The molecule has 1 fully saturated rings. The van der Waals surface area contributed by atoms with Gasteiger partial charge in [0.05, 0.1) is 6.04 Å². The van der Waals surface area contributed by atoms with E-state index in [9.17, 15) is 0 Å². The molecule has 2 aromatic rings. The molecule has 0 amide bonds. The first-order valence-corrected chi connectivity index (χ1v) is 8.13. The Bertz CT molecular complexity index is 606. The molecule has 1 aliphatic carbocycles. The van der Waals surface area contributed by atoms with E-state index < -0.39 is 0 Å². The Labute approximate surface area is 127 Å². The summed E-state index contributed by atoms with van der Waals surface area (Å²) in [5.41, 5.74) is 0. The molecule has 0 spiro atoms. The lowest BCUT2D eigenvalue weighted by Crippen LogP contribution is -2.08. The third-order valence-corrected chi connectivity index (χ3v) is 4.37. The first-order chi connectivity index (χ1) is 10.3. The molecule has 21 heavy (non-hydrogen) atoms. The van der Waals surface area contributed by atoms with Gasteiger partial charge in [-0.15, -0.1) is 5.10 Å². The summed E-state index contributed by atoms with van der Waals surface area (Å²) in [4.78, 5) is 8.82. The van der Waals surface area contributed by atoms with E-state index in [0.717, 1.165) is 41.2 Å². The van der Waals surface area contributed by atoms with Crippen LogP contribution in [-0.4, -0.2) is 36.7 Å². The van der Waals surface area contributed by atoms with Crippen molar-refractivity contribution in [1.82, 2.24) is 30.2 Å². The standard InChI is InChI=1S/C13H19N7S/c1-3-14-11-8-12(16-9(2)15-11)21-13-17-18-19-20(13)10-6-4-5-7-10/h8,10H,3-7H2,1-2H3,(H,14,15,16). The van der Waals surface area contributed by atoms with Gasteiger partial charge in [-0.2, -0.15) is 0 Å². The summed E-state index contributed by atoms with van der Waals surface area (Å²) in [6.07, 6.45) is 4.83. The Hall–Kier alpha value is -1.70. The summed E-state index contributed by atoms with van der Waals surface area (Å²) in [7, 11) is 0. The van der Waals surface area contributed by atoms with Crippen LogP contribution in [0.25, 0.3) is 0 Å². The Morgan fingerprint density at radius 2 is 2.14 bits per heavy atom. The van der Waals surface area contributed by atoms with Crippen LogP contribution >= 0.6 is 11.8 Å². The Morgan fingerprint density at radius 3 is 2.90 bits per heavy atom. The number of rotatable bonds is 5. The van der Waals surface area contributed by atoms with Crippen LogP contribution in [0.15, 0.2) is 16.2 Å². The molecule has 3 rings (SSSR count). The molecule has 8 heteroatoms. The summed E-state index contributed by atoms with van der Waals surface area (Å²) >= 11 is 1.50. The Kier molecular flexibility index (Phi) is 4.33. The lowest BCUT2D eigenvalue weighted by molar-refractivity contribution is 0.423. The average molecular weight is 305 g/mol. The van der Waals surface area contributed by atoms with Gasteiger partial charge in [0.2, 0.25) is 5.16 Å². The highest BCUT2D eigenvalue weighted by Crippen LogP contribution is 2.33. The van der Waals surface area contributed by atoms with Gasteiger partial charge in [0, 0.05) is 12.6 Å². The van der Waals surface area contributed by atoms with Crippen molar-refractivity contribution in [2.24, 2.45) is 0 Å². The Balaban J connectivity index is 1.82. The fourth-order valence-corrected chi connectivity index (χ4v) is 3.48. The highest BCUT2D eigenvalue weighted by Gasteiger charge is 2.22. The molecule has 0 aromatic carbocycles. The second-order valence-electron chi connectivity index (χ2n) is 5.12. The molecule has 2 aromatic heterocycles. The van der Waals surface area contributed by atoms with E-state index >= 15 is 0 Å². The minimum atomic E-state index is 0.429. The van der Waals surface area contributed by atoms with Crippen LogP contribution in [0.3, 0.4) is 0 Å². The van der Waals surface area contributed by atoms with E-state index in [2.05, 4.69) is 30.8 Å². The van der Waals surface area contributed by atoms with Crippen LogP contribution in [0, 0.1) is 6.92 Å². The molecule has 0 atom stereocenters. The number of nitrogens with zero attached hydrogens (tertiary/aromatic N) is 6. The van der Waals surface area contributed by atoms with Crippen molar-refractivity contribution in [3.63, 3.8) is 0 Å². The topological polar surface area (TPSA) is 81.4 Å². The average Bonchev–Trinajstić information content (AvgIpc) is 3.08. The highest BCUT2D eigenvalue weighted by atomic mass is 32.2. The molecule has 1 aliphatic rings. The van der Waals surface area contributed by atoms with E-state index in [4.69, 9.17) is 0 Å². The predicted octanol–water partition coefficient (Wildman–Crippen LogP) is 2.47. The van der Waals surface area contributed by atoms with Crippen LogP contribution in [0.4, 0.5) is 5.82 Å². The lowest BCUT2D eigenvalue weighted by atomic mass is 10.3. The first-order valence-electron chi connectivity index (χ1n) is 7.31. The van der Waals surface area contributed by atoms with Gasteiger partial charge in [0.15, 0.2) is 0 Å². The number of hydrogen-bond acceptors (Lipinski definition) is 7. The monoisotopic (exact) mass is 305 g/mol. The van der Waals surface area contributed by atoms with Crippen LogP contribution in [0.1, 0.15) is 44.5 Å². The van der Waals surface area contributed by atoms with Crippen LogP contribution in [0.2, 0.25) is 0 Å². The second-order valence-corrected chi connectivity index (χ2v) is 6.10. The van der Waals surface area contributed by atoms with Crippen molar-refractivity contribution in [1.29, 1.82) is 0 Å². The summed E-state index contributed by atoms with van der Waals surface area (Å²) in [6.45, 7) is 4.77. The maximum atomic E-state index is 4.46. The molecule has 0 saturated heterocycles. The normalized spacial score (nSPS) is 15.5. The molecule has 1 N–H and O–H groups in total. The molecular weight excluding hydrogens is 286 g/mol. The van der Waals surface area contributed by atoms with Crippen molar-refractivity contribution in [2.75, 3.05) is 11.9 Å². The number of tetrazole rings is 1. The SMILES string of the molecule is CCNc1cc(Sc2nnnn2C2CCCC2)nc(C)n1. The molecule has 7 nitrogen and oxygen atoms in total. The molecule has 0 unspecified atom stereocenters. The van der Waals surface area contributed by atoms with E-state index in [1.54, 1.807) is 0 Å². The second kappa shape index (κ2) is 6.38. The summed E-state index contributed by atoms with van der Waals surface area (Å²) in [5, 5.41) is 17.0. The third kappa shape index (κ3) is 3.31.